The van der Waals surface area contributed by atoms with Crippen molar-refractivity contribution >= 4 is 0 Å². The fourth-order valence-corrected chi connectivity index (χ4v) is 10.5. The zero-order chi connectivity index (χ0) is 82.5. The van der Waals surface area contributed by atoms with Gasteiger partial charge in [-0.05, 0) is 275 Å². The molecular weight excluding hydrogens is 1400 g/mol. The Morgan fingerprint density at radius 2 is 0.413 bits per heavy atom. The van der Waals surface area contributed by atoms with Gasteiger partial charge in [0.05, 0.1) is 0 Å². The molecule has 0 radical (unpaired) electrons. The van der Waals surface area contributed by atoms with Gasteiger partial charge in [-0.25, -0.2) is 0 Å². The summed E-state index contributed by atoms with van der Waals surface area (Å²) in [6.07, 6.45) is 0.974. The number of hydrogen-bond donors (Lipinski definition) is 5. The molecule has 14 atom stereocenters. The predicted octanol–water partition coefficient (Wildman–Crippen LogP) is 21.4. The van der Waals surface area contributed by atoms with Gasteiger partial charge in [-0.3, -0.25) is 0 Å². The van der Waals surface area contributed by atoms with Crippen LogP contribution in [0.2, 0.25) is 0 Å². The molecule has 109 heavy (non-hydrogen) atoms. The highest BCUT2D eigenvalue weighted by atomic mass is 16.7. The molecule has 5 aromatic carbocycles. The van der Waals surface area contributed by atoms with Gasteiger partial charge in [-0.15, -0.1) is 0 Å². The van der Waals surface area contributed by atoms with E-state index in [1.807, 2.05) is 140 Å². The number of ether oxygens (including phenoxy) is 18. The number of phenolic OH excluding ortho intramolecular Hbond substituents is 5. The fraction of sp³-hybridized carbons (Fsp3) is 0.651. The van der Waals surface area contributed by atoms with Crippen molar-refractivity contribution in [2.75, 3.05) is 59.5 Å². The Kier molecular flexibility index (Phi) is 50.8. The van der Waals surface area contributed by atoms with Crippen molar-refractivity contribution < 1.29 is 111 Å². The van der Waals surface area contributed by atoms with Gasteiger partial charge in [0, 0.05) is 59.5 Å². The van der Waals surface area contributed by atoms with Crippen LogP contribution in [0.5, 0.6) is 80.5 Å². The lowest BCUT2D eigenvalue weighted by atomic mass is 9.98. The number of aromatic hydroxyl groups is 5. The van der Waals surface area contributed by atoms with Gasteiger partial charge >= 0.3 is 0 Å². The molecule has 0 amide bonds. The first kappa shape index (κ1) is 99.9. The Bertz CT molecular complexity index is 3130. The van der Waals surface area contributed by atoms with Gasteiger partial charge in [-0.2, -0.15) is 0 Å². The predicted molar refractivity (Wildman–Crippen MR) is 430 cm³/mol. The molecule has 5 aromatic rings. The van der Waals surface area contributed by atoms with Gasteiger partial charge in [0.2, 0.25) is 23.0 Å². The summed E-state index contributed by atoms with van der Waals surface area (Å²) in [6.45, 7) is 59.4. The average molecular weight is 1540 g/mol. The summed E-state index contributed by atoms with van der Waals surface area (Å²) < 4.78 is 101. The Labute approximate surface area is 654 Å². The molecule has 624 valence electrons. The Morgan fingerprint density at radius 3 is 0.697 bits per heavy atom. The monoisotopic (exact) mass is 1540 g/mol. The molecule has 5 rings (SSSR count). The van der Waals surface area contributed by atoms with Crippen LogP contribution >= 0.6 is 0 Å². The first-order chi connectivity index (χ1) is 51.8. The van der Waals surface area contributed by atoms with E-state index >= 15 is 0 Å². The highest BCUT2D eigenvalue weighted by molar-refractivity contribution is 5.57. The molecule has 0 aromatic heterocycles. The van der Waals surface area contributed by atoms with Crippen molar-refractivity contribution in [2.45, 2.75) is 312 Å². The van der Waals surface area contributed by atoms with E-state index in [1.165, 1.54) is 0 Å². The van der Waals surface area contributed by atoms with Crippen LogP contribution in [0.15, 0.2) is 66.7 Å². The van der Waals surface area contributed by atoms with Crippen molar-refractivity contribution in [3.05, 3.63) is 94.5 Å². The van der Waals surface area contributed by atoms with Crippen molar-refractivity contribution in [3.8, 4) is 80.5 Å². The molecule has 23 heteroatoms. The minimum absolute atomic E-state index is 0.0323. The molecule has 0 saturated heterocycles. The molecule has 0 spiro atoms. The number of benzene rings is 5. The molecule has 0 aliphatic carbocycles. The SMILES string of the molecule is CCOC(C)Oc1c(O)cc(C(C)CC)cc1O.CCOC(C)Oc1cc(C(C)CC)cc(O)c1OC(C)OCC.CCOC(C)Oc1cc(C(C)CC)cc(OC(C)OCC)c1O.CCOC(C)Oc1cc(C(C)CC)cc(OC(C)OCC)c1OC(C)OCC.CCOC(C)Oc1ccc(C(C)CC)cc1O. The summed E-state index contributed by atoms with van der Waals surface area (Å²) in [5, 5.41) is 50.5. The van der Waals surface area contributed by atoms with Crippen LogP contribution in [0, 0.1) is 0 Å². The van der Waals surface area contributed by atoms with Gasteiger partial charge in [-0.1, -0.05) is 75.3 Å². The summed E-state index contributed by atoms with van der Waals surface area (Å²) in [7, 11) is 0. The van der Waals surface area contributed by atoms with Crippen molar-refractivity contribution in [3.63, 3.8) is 0 Å². The minimum atomic E-state index is -0.513. The smallest absolute Gasteiger partial charge is 0.206 e. The van der Waals surface area contributed by atoms with E-state index in [9.17, 15) is 25.5 Å². The Hall–Kier alpha value is -7.06. The lowest BCUT2D eigenvalue weighted by molar-refractivity contribution is -0.0849. The van der Waals surface area contributed by atoms with Gasteiger partial charge in [0.15, 0.2) is 114 Å². The van der Waals surface area contributed by atoms with Crippen LogP contribution in [-0.2, 0) is 42.6 Å². The van der Waals surface area contributed by atoms with Crippen molar-refractivity contribution in [1.82, 2.24) is 0 Å². The van der Waals surface area contributed by atoms with Gasteiger partial charge in [0.25, 0.3) is 0 Å². The molecule has 0 aliphatic rings. The van der Waals surface area contributed by atoms with E-state index in [2.05, 4.69) is 62.3 Å². The molecule has 0 bridgehead atoms. The van der Waals surface area contributed by atoms with Crippen LogP contribution in [0.4, 0.5) is 0 Å². The van der Waals surface area contributed by atoms with Crippen LogP contribution in [0.25, 0.3) is 0 Å². The summed E-state index contributed by atoms with van der Waals surface area (Å²) in [4.78, 5) is 0. The highest BCUT2D eigenvalue weighted by Crippen LogP contribution is 2.46. The quantitative estimate of drug-likeness (QED) is 0.0227. The molecular formula is C86H142O23. The highest BCUT2D eigenvalue weighted by Gasteiger charge is 2.26. The number of rotatable bonds is 46. The van der Waals surface area contributed by atoms with E-state index in [4.69, 9.17) is 85.3 Å². The third-order valence-electron chi connectivity index (χ3n) is 17.3. The second-order valence-corrected chi connectivity index (χ2v) is 26.0. The zero-order valence-corrected chi connectivity index (χ0v) is 71.4. The molecule has 0 heterocycles. The molecule has 0 saturated carbocycles. The zero-order valence-electron chi connectivity index (χ0n) is 71.4. The average Bonchev–Trinajstić information content (AvgIpc) is 0.838. The van der Waals surface area contributed by atoms with E-state index in [1.54, 1.807) is 58.0 Å². The Balaban J connectivity index is 0.000000688. The van der Waals surface area contributed by atoms with E-state index in [0.717, 1.165) is 59.9 Å². The molecule has 14 unspecified atom stereocenters. The topological polar surface area (TPSA) is 267 Å². The van der Waals surface area contributed by atoms with Crippen LogP contribution in [-0.4, -0.2) is 142 Å². The van der Waals surface area contributed by atoms with Crippen LogP contribution in [0.1, 0.15) is 283 Å². The maximum atomic E-state index is 10.4. The second-order valence-electron chi connectivity index (χ2n) is 26.0. The first-order valence-corrected chi connectivity index (χ1v) is 39.6. The second kappa shape index (κ2) is 55.4. The maximum Gasteiger partial charge on any atom is 0.206 e. The molecule has 5 N–H and O–H groups in total. The summed E-state index contributed by atoms with van der Waals surface area (Å²) in [5.74, 6) is 5.43. The van der Waals surface area contributed by atoms with Gasteiger partial charge in [0.1, 0.15) is 0 Å². The standard InChI is InChI=1S/C22H38O6.2C18H30O5.C14H22O4.C14H22O3/c1-9-15(5)19-13-20(26-16(6)23-10-2)22(28-18(8)25-12-4)21(14-19)27-17(7)24-11-3;1-7-12(4)15-10-16(22-13(5)20-8-2)18(19)17(11-15)23-14(6)21-9-3;1-7-12(4)15-10-16(19)18(23-14(6)21-9-3)17(11-15)22-13(5)20-8-2;1-5-9(3)11-7-12(15)14(13(16)8-11)18-10(4)17-6-2;1-5-10(3)12-7-8-14(13(15)9-12)17-11(4)16-6-2/h13-18H,9-12H2,1-8H3;2*10-14,19H,7-9H2,1-6H3;7-10,15-16H,5-6H2,1-4H3;7-11,15H,5-6H2,1-4H3. The summed E-state index contributed by atoms with van der Waals surface area (Å²) >= 11 is 0. The molecule has 0 fully saturated rings. The number of phenols is 5. The van der Waals surface area contributed by atoms with E-state index in [0.29, 0.717) is 123 Å². The lowest BCUT2D eigenvalue weighted by Gasteiger charge is -2.25. The minimum Gasteiger partial charge on any atom is -0.504 e. The lowest BCUT2D eigenvalue weighted by Crippen LogP contribution is -2.22. The van der Waals surface area contributed by atoms with Crippen LogP contribution in [0.3, 0.4) is 0 Å². The third-order valence-corrected chi connectivity index (χ3v) is 17.3. The third kappa shape index (κ3) is 37.2. The van der Waals surface area contributed by atoms with Crippen LogP contribution < -0.4 is 42.6 Å². The first-order valence-electron chi connectivity index (χ1n) is 39.6. The van der Waals surface area contributed by atoms with Crippen molar-refractivity contribution in [1.29, 1.82) is 0 Å². The molecule has 23 nitrogen and oxygen atoms in total. The largest absolute Gasteiger partial charge is 0.504 e. The van der Waals surface area contributed by atoms with Gasteiger partial charge < -0.3 is 111 Å². The van der Waals surface area contributed by atoms with E-state index in [-0.39, 0.29) is 52.5 Å². The molecule has 0 aliphatic heterocycles. The maximum absolute atomic E-state index is 10.4. The Morgan fingerprint density at radius 1 is 0.211 bits per heavy atom. The van der Waals surface area contributed by atoms with Crippen molar-refractivity contribution in [2.24, 2.45) is 0 Å². The fourth-order valence-electron chi connectivity index (χ4n) is 10.5. The van der Waals surface area contributed by atoms with E-state index < -0.39 is 50.3 Å². The summed E-state index contributed by atoms with van der Waals surface area (Å²) in [6, 6.07) is 20.1. The summed E-state index contributed by atoms with van der Waals surface area (Å²) in [5.41, 5.74) is 5.17. The normalized spacial score (nSPS) is 14.9. The number of hydrogen-bond acceptors (Lipinski definition) is 23.